The number of carboxylic acids is 1. The molecule has 0 aliphatic rings. The van der Waals surface area contributed by atoms with Crippen molar-refractivity contribution in [1.82, 2.24) is 20.9 Å². The molecule has 13 heteroatoms. The number of carboxylic acid groups (broad SMARTS) is 1. The van der Waals surface area contributed by atoms with E-state index in [1.54, 1.807) is 18.3 Å². The number of H-pyrrole nitrogens is 1. The number of phenols is 1. The van der Waals surface area contributed by atoms with E-state index in [-0.39, 0.29) is 31.4 Å². The highest BCUT2D eigenvalue weighted by Gasteiger charge is 2.31. The van der Waals surface area contributed by atoms with Crippen molar-refractivity contribution in [2.75, 3.05) is 0 Å². The zero-order valence-corrected chi connectivity index (χ0v) is 22.4. The highest BCUT2D eigenvalue weighted by Crippen LogP contribution is 2.20. The molecule has 1 aromatic heterocycles. The Kier molecular flexibility index (Phi) is 10.4. The van der Waals surface area contributed by atoms with E-state index in [0.717, 1.165) is 10.9 Å². The number of fused-ring (bicyclic) bond motifs is 1. The zero-order valence-electron chi connectivity index (χ0n) is 22.4. The number of aromatic hydroxyl groups is 1. The molecule has 10 N–H and O–H groups in total. The van der Waals surface area contributed by atoms with E-state index >= 15 is 0 Å². The lowest BCUT2D eigenvalue weighted by Gasteiger charge is -2.25. The summed E-state index contributed by atoms with van der Waals surface area (Å²) in [5, 5.41) is 27.6. The second-order valence-electron chi connectivity index (χ2n) is 9.75. The molecule has 0 bridgehead atoms. The summed E-state index contributed by atoms with van der Waals surface area (Å²) in [6, 6.07) is 8.60. The van der Waals surface area contributed by atoms with Crippen molar-refractivity contribution in [3.63, 3.8) is 0 Å². The first kappa shape index (κ1) is 30.6. The van der Waals surface area contributed by atoms with E-state index in [1.165, 1.54) is 19.1 Å². The molecule has 218 valence electrons. The lowest BCUT2D eigenvalue weighted by Crippen LogP contribution is -2.58. The van der Waals surface area contributed by atoms with E-state index in [4.69, 9.17) is 11.5 Å². The SMILES string of the molecule is CC(N)C(=O)NC(Cc1ccc(O)cc1)C(=O)NC(Cc1c[nH]c2ccccc12)C(=O)NC(CCC(N)=O)C(=O)O. The van der Waals surface area contributed by atoms with Crippen LogP contribution in [-0.2, 0) is 36.8 Å². The minimum atomic E-state index is -1.43. The fourth-order valence-electron chi connectivity index (χ4n) is 4.20. The predicted molar refractivity (Wildman–Crippen MR) is 149 cm³/mol. The molecular weight excluding hydrogens is 532 g/mol. The number of carbonyl (C=O) groups is 5. The molecule has 4 amide bonds. The van der Waals surface area contributed by atoms with Crippen LogP contribution in [0.2, 0.25) is 0 Å². The van der Waals surface area contributed by atoms with Crippen LogP contribution in [-0.4, -0.2) is 69.0 Å². The summed E-state index contributed by atoms with van der Waals surface area (Å²) in [5.41, 5.74) is 12.9. The van der Waals surface area contributed by atoms with Crippen LogP contribution in [0, 0.1) is 0 Å². The van der Waals surface area contributed by atoms with Gasteiger partial charge in [-0.2, -0.15) is 0 Å². The molecular formula is C28H34N6O7. The summed E-state index contributed by atoms with van der Waals surface area (Å²) in [6.45, 7) is 1.45. The number of hydrogen-bond donors (Lipinski definition) is 8. The molecule has 41 heavy (non-hydrogen) atoms. The molecule has 2 aromatic carbocycles. The zero-order chi connectivity index (χ0) is 30.1. The van der Waals surface area contributed by atoms with Crippen LogP contribution in [0.25, 0.3) is 10.9 Å². The van der Waals surface area contributed by atoms with Crippen molar-refractivity contribution in [3.8, 4) is 5.75 Å². The normalized spacial score (nSPS) is 13.9. The Bertz CT molecular complexity index is 1400. The van der Waals surface area contributed by atoms with Crippen molar-refractivity contribution in [2.45, 2.75) is 56.8 Å². The first-order valence-electron chi connectivity index (χ1n) is 12.9. The van der Waals surface area contributed by atoms with Crippen LogP contribution in [0.3, 0.4) is 0 Å². The van der Waals surface area contributed by atoms with Crippen molar-refractivity contribution < 1.29 is 34.2 Å². The van der Waals surface area contributed by atoms with Gasteiger partial charge in [0.25, 0.3) is 0 Å². The summed E-state index contributed by atoms with van der Waals surface area (Å²) in [5.74, 6) is -4.19. The van der Waals surface area contributed by atoms with E-state index in [1.807, 2.05) is 24.3 Å². The smallest absolute Gasteiger partial charge is 0.326 e. The maximum Gasteiger partial charge on any atom is 0.326 e. The summed E-state index contributed by atoms with van der Waals surface area (Å²) < 4.78 is 0. The highest BCUT2D eigenvalue weighted by molar-refractivity contribution is 5.95. The second-order valence-corrected chi connectivity index (χ2v) is 9.75. The van der Waals surface area contributed by atoms with E-state index in [0.29, 0.717) is 11.1 Å². The lowest BCUT2D eigenvalue weighted by molar-refractivity contribution is -0.142. The van der Waals surface area contributed by atoms with Gasteiger partial charge in [-0.3, -0.25) is 19.2 Å². The molecule has 0 fully saturated rings. The molecule has 3 aromatic rings. The molecule has 0 saturated heterocycles. The van der Waals surface area contributed by atoms with Gasteiger partial charge in [-0.25, -0.2) is 4.79 Å². The molecule has 0 spiro atoms. The number of aliphatic carboxylic acids is 1. The van der Waals surface area contributed by atoms with Gasteiger partial charge in [-0.05, 0) is 42.7 Å². The monoisotopic (exact) mass is 566 g/mol. The standard InChI is InChI=1S/C28H34N6O7/c1-15(29)25(37)33-22(12-16-6-8-18(35)9-7-16)26(38)34-23(13-17-14-31-20-5-3-2-4-19(17)20)27(39)32-21(28(40)41)10-11-24(30)36/h2-9,14-15,21-23,31,35H,10-13,29H2,1H3,(H2,30,36)(H,32,39)(H,33,37)(H,34,38)(H,40,41). The van der Waals surface area contributed by atoms with Gasteiger partial charge in [-0.15, -0.1) is 0 Å². The Morgan fingerprint density at radius 3 is 2.05 bits per heavy atom. The number of nitrogens with one attached hydrogen (secondary N) is 4. The Hall–Kier alpha value is -4.91. The Labute approximate surface area is 235 Å². The van der Waals surface area contributed by atoms with E-state index in [2.05, 4.69) is 20.9 Å². The number of nitrogens with two attached hydrogens (primary N) is 2. The average molecular weight is 567 g/mol. The van der Waals surface area contributed by atoms with Crippen molar-refractivity contribution in [2.24, 2.45) is 11.5 Å². The predicted octanol–water partition coefficient (Wildman–Crippen LogP) is -0.190. The molecule has 13 nitrogen and oxygen atoms in total. The average Bonchev–Trinajstić information content (AvgIpc) is 3.33. The van der Waals surface area contributed by atoms with Crippen LogP contribution in [0.1, 0.15) is 30.9 Å². The van der Waals surface area contributed by atoms with Gasteiger partial charge in [0.2, 0.25) is 23.6 Å². The van der Waals surface area contributed by atoms with Crippen molar-refractivity contribution >= 4 is 40.5 Å². The number of benzene rings is 2. The Balaban J connectivity index is 1.89. The first-order valence-corrected chi connectivity index (χ1v) is 12.9. The molecule has 0 aliphatic carbocycles. The number of amides is 4. The van der Waals surface area contributed by atoms with Crippen molar-refractivity contribution in [3.05, 3.63) is 65.9 Å². The number of hydrogen-bond acceptors (Lipinski definition) is 7. The molecule has 3 rings (SSSR count). The second kappa shape index (κ2) is 13.9. The molecule has 4 atom stereocenters. The molecule has 1 heterocycles. The van der Waals surface area contributed by atoms with Gasteiger partial charge in [-0.1, -0.05) is 30.3 Å². The van der Waals surface area contributed by atoms with Gasteiger partial charge in [0.15, 0.2) is 0 Å². The summed E-state index contributed by atoms with van der Waals surface area (Å²) in [4.78, 5) is 65.4. The minimum absolute atomic E-state index is 0.0162. The fourth-order valence-corrected chi connectivity index (χ4v) is 4.20. The maximum absolute atomic E-state index is 13.5. The number of para-hydroxylation sites is 1. The Morgan fingerprint density at radius 1 is 0.854 bits per heavy atom. The van der Waals surface area contributed by atoms with Crippen LogP contribution >= 0.6 is 0 Å². The molecule has 0 radical (unpaired) electrons. The van der Waals surface area contributed by atoms with Crippen LogP contribution in [0.4, 0.5) is 0 Å². The Morgan fingerprint density at radius 2 is 1.44 bits per heavy atom. The van der Waals surface area contributed by atoms with E-state index < -0.39 is 53.8 Å². The third-order valence-electron chi connectivity index (χ3n) is 6.45. The highest BCUT2D eigenvalue weighted by atomic mass is 16.4. The fraction of sp³-hybridized carbons (Fsp3) is 0.321. The molecule has 0 saturated carbocycles. The lowest BCUT2D eigenvalue weighted by atomic mass is 10.0. The topological polar surface area (TPSA) is 230 Å². The number of carbonyl (C=O) groups excluding carboxylic acids is 4. The summed E-state index contributed by atoms with van der Waals surface area (Å²) in [6.07, 6.45) is 1.18. The third-order valence-corrected chi connectivity index (χ3v) is 6.45. The van der Waals surface area contributed by atoms with Crippen molar-refractivity contribution in [1.29, 1.82) is 0 Å². The first-order chi connectivity index (χ1) is 19.4. The third kappa shape index (κ3) is 8.80. The number of aromatic amines is 1. The summed E-state index contributed by atoms with van der Waals surface area (Å²) in [7, 11) is 0. The van der Waals surface area contributed by atoms with Gasteiger partial charge >= 0.3 is 5.97 Å². The molecule has 0 aliphatic heterocycles. The van der Waals surface area contributed by atoms with Gasteiger partial charge in [0.05, 0.1) is 6.04 Å². The van der Waals surface area contributed by atoms with Gasteiger partial charge in [0, 0.05) is 36.4 Å². The molecule has 4 unspecified atom stereocenters. The van der Waals surface area contributed by atoms with Crippen LogP contribution in [0.5, 0.6) is 5.75 Å². The van der Waals surface area contributed by atoms with Gasteiger partial charge in [0.1, 0.15) is 23.9 Å². The summed E-state index contributed by atoms with van der Waals surface area (Å²) >= 11 is 0. The number of primary amides is 1. The van der Waals surface area contributed by atoms with Gasteiger partial charge < -0.3 is 42.6 Å². The van der Waals surface area contributed by atoms with Crippen LogP contribution in [0.15, 0.2) is 54.7 Å². The maximum atomic E-state index is 13.5. The largest absolute Gasteiger partial charge is 0.508 e. The number of phenolic OH excluding ortho intramolecular Hbond substituents is 1. The quantitative estimate of drug-likeness (QED) is 0.130. The minimum Gasteiger partial charge on any atom is -0.508 e. The number of rotatable bonds is 14. The van der Waals surface area contributed by atoms with Crippen LogP contribution < -0.4 is 27.4 Å². The van der Waals surface area contributed by atoms with E-state index in [9.17, 15) is 34.2 Å². The number of aromatic nitrogens is 1.